The molecule has 0 saturated carbocycles. The second-order valence-corrected chi connectivity index (χ2v) is 5.04. The van der Waals surface area contributed by atoms with Gasteiger partial charge in [0, 0.05) is 0 Å². The number of fused-ring (bicyclic) bond motifs is 1. The molecule has 5 heteroatoms. The van der Waals surface area contributed by atoms with E-state index < -0.39 is 0 Å². The van der Waals surface area contributed by atoms with E-state index in [1.807, 2.05) is 37.5 Å². The molecule has 0 bridgehead atoms. The van der Waals surface area contributed by atoms with Crippen LogP contribution in [-0.4, -0.2) is 22.1 Å². The monoisotopic (exact) mass is 261 g/mol. The summed E-state index contributed by atoms with van der Waals surface area (Å²) < 4.78 is 7.02. The number of para-hydroxylation sites is 1. The van der Waals surface area contributed by atoms with E-state index in [4.69, 9.17) is 10.5 Å². The quantitative estimate of drug-likeness (QED) is 0.676. The Hall–Kier alpha value is -2.04. The molecule has 5 nitrogen and oxygen atoms in total. The normalized spacial score (nSPS) is 11.2. The van der Waals surface area contributed by atoms with Gasteiger partial charge in [-0.1, -0.05) is 19.9 Å². The molecule has 0 radical (unpaired) electrons. The fourth-order valence-electron chi connectivity index (χ4n) is 1.92. The van der Waals surface area contributed by atoms with Crippen LogP contribution in [0.15, 0.2) is 18.2 Å². The highest BCUT2D eigenvalue weighted by Crippen LogP contribution is 2.21. The van der Waals surface area contributed by atoms with Crippen molar-refractivity contribution in [3.8, 4) is 0 Å². The molecule has 0 atom stereocenters. The summed E-state index contributed by atoms with van der Waals surface area (Å²) in [4.78, 5) is 16.2. The van der Waals surface area contributed by atoms with Crippen LogP contribution in [0.25, 0.3) is 11.0 Å². The molecule has 0 aliphatic heterocycles. The smallest absolute Gasteiger partial charge is 0.326 e. The summed E-state index contributed by atoms with van der Waals surface area (Å²) in [6.45, 7) is 6.47. The number of aromatic nitrogens is 2. The summed E-state index contributed by atoms with van der Waals surface area (Å²) in [5.74, 6) is 0.841. The Kier molecular flexibility index (Phi) is 3.74. The third kappa shape index (κ3) is 2.86. The molecule has 0 saturated heterocycles. The Morgan fingerprint density at radius 2 is 2.21 bits per heavy atom. The minimum atomic E-state index is -0.251. The van der Waals surface area contributed by atoms with Crippen LogP contribution in [0.4, 0.5) is 5.69 Å². The van der Waals surface area contributed by atoms with Gasteiger partial charge in [0.2, 0.25) is 0 Å². The van der Waals surface area contributed by atoms with Crippen molar-refractivity contribution in [2.24, 2.45) is 5.92 Å². The number of imidazole rings is 1. The van der Waals surface area contributed by atoms with Crippen molar-refractivity contribution < 1.29 is 9.53 Å². The summed E-state index contributed by atoms with van der Waals surface area (Å²) in [7, 11) is 0. The first-order chi connectivity index (χ1) is 8.99. The molecule has 0 aliphatic carbocycles. The third-order valence-corrected chi connectivity index (χ3v) is 2.87. The van der Waals surface area contributed by atoms with E-state index in [0.717, 1.165) is 16.9 Å². The van der Waals surface area contributed by atoms with E-state index in [2.05, 4.69) is 4.98 Å². The molecule has 1 heterocycles. The van der Waals surface area contributed by atoms with Crippen LogP contribution in [0.3, 0.4) is 0 Å². The molecule has 2 N–H and O–H groups in total. The summed E-state index contributed by atoms with van der Waals surface area (Å²) >= 11 is 0. The number of carbonyl (C=O) groups excluding carboxylic acids is 1. The number of nitrogens with two attached hydrogens (primary N) is 1. The highest BCUT2D eigenvalue weighted by atomic mass is 16.5. The Morgan fingerprint density at radius 1 is 1.47 bits per heavy atom. The molecular formula is C14H19N3O2. The van der Waals surface area contributed by atoms with E-state index in [1.54, 1.807) is 6.07 Å². The van der Waals surface area contributed by atoms with Gasteiger partial charge in [-0.05, 0) is 25.0 Å². The first kappa shape index (κ1) is 13.4. The van der Waals surface area contributed by atoms with Crippen molar-refractivity contribution in [1.82, 2.24) is 9.55 Å². The summed E-state index contributed by atoms with van der Waals surface area (Å²) in [6, 6.07) is 5.56. The van der Waals surface area contributed by atoms with Crippen LogP contribution in [0, 0.1) is 12.8 Å². The van der Waals surface area contributed by atoms with Crippen molar-refractivity contribution in [3.05, 3.63) is 24.0 Å². The second-order valence-electron chi connectivity index (χ2n) is 5.04. The van der Waals surface area contributed by atoms with Crippen LogP contribution < -0.4 is 5.73 Å². The molecular weight excluding hydrogens is 242 g/mol. The van der Waals surface area contributed by atoms with Crippen molar-refractivity contribution in [2.75, 3.05) is 12.3 Å². The minimum absolute atomic E-state index is 0.165. The molecule has 0 amide bonds. The highest BCUT2D eigenvalue weighted by molar-refractivity contribution is 5.88. The molecule has 0 aliphatic rings. The van der Waals surface area contributed by atoms with Crippen LogP contribution >= 0.6 is 0 Å². The minimum Gasteiger partial charge on any atom is -0.464 e. The number of esters is 1. The van der Waals surface area contributed by atoms with E-state index in [0.29, 0.717) is 18.2 Å². The Labute approximate surface area is 112 Å². The van der Waals surface area contributed by atoms with Gasteiger partial charge in [-0.3, -0.25) is 4.79 Å². The number of nitrogen functional groups attached to an aromatic ring is 1. The number of carbonyl (C=O) groups is 1. The number of anilines is 1. The Balaban J connectivity index is 2.23. The van der Waals surface area contributed by atoms with E-state index >= 15 is 0 Å². The van der Waals surface area contributed by atoms with Crippen LogP contribution in [0.5, 0.6) is 0 Å². The van der Waals surface area contributed by atoms with Crippen molar-refractivity contribution in [3.63, 3.8) is 0 Å². The van der Waals surface area contributed by atoms with Gasteiger partial charge < -0.3 is 15.0 Å². The third-order valence-electron chi connectivity index (χ3n) is 2.87. The topological polar surface area (TPSA) is 70.1 Å². The highest BCUT2D eigenvalue weighted by Gasteiger charge is 2.13. The molecule has 2 rings (SSSR count). The molecule has 0 spiro atoms. The maximum atomic E-state index is 11.8. The Bertz CT molecular complexity index is 602. The number of benzene rings is 1. The maximum absolute atomic E-state index is 11.8. The summed E-state index contributed by atoms with van der Waals surface area (Å²) in [5, 5.41) is 0. The number of hydrogen-bond donors (Lipinski definition) is 1. The zero-order valence-corrected chi connectivity index (χ0v) is 11.5. The van der Waals surface area contributed by atoms with Gasteiger partial charge in [-0.2, -0.15) is 0 Å². The fraction of sp³-hybridized carbons (Fsp3) is 0.429. The maximum Gasteiger partial charge on any atom is 0.326 e. The summed E-state index contributed by atoms with van der Waals surface area (Å²) in [5.41, 5.74) is 8.09. The van der Waals surface area contributed by atoms with Gasteiger partial charge >= 0.3 is 5.97 Å². The zero-order valence-electron chi connectivity index (χ0n) is 11.5. The molecule has 2 aromatic rings. The number of aryl methyl sites for hydroxylation is 1. The van der Waals surface area contributed by atoms with Gasteiger partial charge in [0.15, 0.2) is 0 Å². The van der Waals surface area contributed by atoms with Gasteiger partial charge in [0.05, 0.1) is 17.8 Å². The SMILES string of the molecule is Cc1nc2c(N)cccc2n1CC(=O)OCC(C)C. The second kappa shape index (κ2) is 5.30. The zero-order chi connectivity index (χ0) is 14.0. The molecule has 1 aromatic heterocycles. The molecule has 102 valence electrons. The predicted molar refractivity (Wildman–Crippen MR) is 74.7 cm³/mol. The van der Waals surface area contributed by atoms with Crippen LogP contribution in [0.1, 0.15) is 19.7 Å². The number of rotatable bonds is 4. The van der Waals surface area contributed by atoms with Gasteiger partial charge in [-0.25, -0.2) is 4.98 Å². The lowest BCUT2D eigenvalue weighted by Gasteiger charge is -2.09. The lowest BCUT2D eigenvalue weighted by molar-refractivity contribution is -0.145. The standard InChI is InChI=1S/C14H19N3O2/c1-9(2)8-19-13(18)7-17-10(3)16-14-11(15)5-4-6-12(14)17/h4-6,9H,7-8,15H2,1-3H3. The fourth-order valence-corrected chi connectivity index (χ4v) is 1.92. The lowest BCUT2D eigenvalue weighted by Crippen LogP contribution is -2.17. The average Bonchev–Trinajstić information content (AvgIpc) is 2.66. The molecule has 0 fully saturated rings. The lowest BCUT2D eigenvalue weighted by atomic mass is 10.2. The first-order valence-corrected chi connectivity index (χ1v) is 6.36. The van der Waals surface area contributed by atoms with E-state index in [-0.39, 0.29) is 12.5 Å². The summed E-state index contributed by atoms with van der Waals surface area (Å²) in [6.07, 6.45) is 0. The van der Waals surface area contributed by atoms with Gasteiger partial charge in [0.25, 0.3) is 0 Å². The number of hydrogen-bond acceptors (Lipinski definition) is 4. The van der Waals surface area contributed by atoms with Crippen LogP contribution in [0.2, 0.25) is 0 Å². The van der Waals surface area contributed by atoms with E-state index in [1.165, 1.54) is 0 Å². The van der Waals surface area contributed by atoms with Crippen molar-refractivity contribution in [2.45, 2.75) is 27.3 Å². The van der Waals surface area contributed by atoms with Crippen LogP contribution in [-0.2, 0) is 16.1 Å². The molecule has 0 unspecified atom stereocenters. The van der Waals surface area contributed by atoms with E-state index in [9.17, 15) is 4.79 Å². The molecule has 19 heavy (non-hydrogen) atoms. The Morgan fingerprint density at radius 3 is 2.89 bits per heavy atom. The molecule has 1 aromatic carbocycles. The van der Waals surface area contributed by atoms with Gasteiger partial charge in [0.1, 0.15) is 17.9 Å². The first-order valence-electron chi connectivity index (χ1n) is 6.36. The number of ether oxygens (including phenoxy) is 1. The average molecular weight is 261 g/mol. The largest absolute Gasteiger partial charge is 0.464 e. The van der Waals surface area contributed by atoms with Crippen molar-refractivity contribution >= 4 is 22.7 Å². The van der Waals surface area contributed by atoms with Gasteiger partial charge in [-0.15, -0.1) is 0 Å². The number of nitrogens with zero attached hydrogens (tertiary/aromatic N) is 2. The van der Waals surface area contributed by atoms with Crippen molar-refractivity contribution in [1.29, 1.82) is 0 Å². The predicted octanol–water partition coefficient (Wildman–Crippen LogP) is 2.13.